The smallest absolute Gasteiger partial charge is 0.257 e. The zero-order valence-electron chi connectivity index (χ0n) is 18.2. The molecule has 2 aliphatic rings. The molecule has 1 aliphatic heterocycles. The van der Waals surface area contributed by atoms with Crippen molar-refractivity contribution in [3.05, 3.63) is 45.5 Å². The first-order chi connectivity index (χ1) is 15.4. The highest BCUT2D eigenvalue weighted by Crippen LogP contribution is 2.42. The number of likely N-dealkylation sites (tertiary alicyclic amines) is 1. The van der Waals surface area contributed by atoms with E-state index in [1.54, 1.807) is 33.3 Å². The van der Waals surface area contributed by atoms with E-state index in [-0.39, 0.29) is 23.7 Å². The van der Waals surface area contributed by atoms with Gasteiger partial charge < -0.3 is 10.6 Å². The Morgan fingerprint density at radius 2 is 1.91 bits per heavy atom. The minimum absolute atomic E-state index is 0.0403. The number of aromatic nitrogens is 4. The maximum absolute atomic E-state index is 13.3. The second-order valence-electron chi connectivity index (χ2n) is 8.67. The molecular formula is C23H26N6O2S. The maximum atomic E-state index is 13.3. The monoisotopic (exact) mass is 450 g/mol. The summed E-state index contributed by atoms with van der Waals surface area (Å²) in [7, 11) is 0. The number of nitrogens with two attached hydrogens (primary N) is 1. The van der Waals surface area contributed by atoms with Gasteiger partial charge in [0.1, 0.15) is 0 Å². The Hall–Kier alpha value is -3.07. The third-order valence-corrected chi connectivity index (χ3v) is 7.30. The van der Waals surface area contributed by atoms with Crippen LogP contribution in [0.25, 0.3) is 17.2 Å². The van der Waals surface area contributed by atoms with Crippen molar-refractivity contribution in [1.29, 1.82) is 0 Å². The van der Waals surface area contributed by atoms with Crippen molar-refractivity contribution in [2.75, 3.05) is 13.1 Å². The van der Waals surface area contributed by atoms with Gasteiger partial charge in [0, 0.05) is 46.4 Å². The Morgan fingerprint density at radius 3 is 2.53 bits per heavy atom. The first-order valence-electron chi connectivity index (χ1n) is 11.0. The molecule has 5 rings (SSSR count). The van der Waals surface area contributed by atoms with Crippen LogP contribution in [0.2, 0.25) is 0 Å². The van der Waals surface area contributed by atoms with Crippen molar-refractivity contribution >= 4 is 23.2 Å². The van der Waals surface area contributed by atoms with Crippen molar-refractivity contribution < 1.29 is 9.59 Å². The van der Waals surface area contributed by atoms with Gasteiger partial charge >= 0.3 is 0 Å². The summed E-state index contributed by atoms with van der Waals surface area (Å²) < 4.78 is 1.74. The minimum Gasteiger partial charge on any atom is -0.369 e. The number of rotatable bonds is 5. The lowest BCUT2D eigenvalue weighted by Gasteiger charge is -2.30. The van der Waals surface area contributed by atoms with Crippen LogP contribution in [0, 0.1) is 19.8 Å². The van der Waals surface area contributed by atoms with Gasteiger partial charge in [-0.15, -0.1) is 11.3 Å². The van der Waals surface area contributed by atoms with E-state index in [9.17, 15) is 9.59 Å². The molecule has 166 valence electrons. The van der Waals surface area contributed by atoms with Crippen LogP contribution < -0.4 is 5.73 Å². The lowest BCUT2D eigenvalue weighted by atomic mass is 9.96. The molecule has 0 spiro atoms. The number of amides is 2. The topological polar surface area (TPSA) is 107 Å². The average molecular weight is 451 g/mol. The standard InChI is InChI=1S/C23H26N6O2S/c1-13-11-17(14(2)32-13)19-5-8-25-23(27-19)29-20(15-3-4-15)18(12-26-29)22(31)28-9-6-16(7-10-28)21(24)30/h5,8,11-12,15-16H,3-4,6-7,9-10H2,1-2H3,(H2,24,30). The highest BCUT2D eigenvalue weighted by atomic mass is 32.1. The molecule has 2 amide bonds. The molecule has 0 radical (unpaired) electrons. The lowest BCUT2D eigenvalue weighted by Crippen LogP contribution is -2.41. The fourth-order valence-corrected chi connectivity index (χ4v) is 5.39. The van der Waals surface area contributed by atoms with E-state index in [0.717, 1.165) is 29.8 Å². The molecule has 0 bridgehead atoms. The molecule has 1 saturated carbocycles. The highest BCUT2D eigenvalue weighted by molar-refractivity contribution is 7.12. The summed E-state index contributed by atoms with van der Waals surface area (Å²) in [6.45, 7) is 5.25. The molecule has 3 aromatic heterocycles. The molecule has 32 heavy (non-hydrogen) atoms. The number of carbonyl (C=O) groups excluding carboxylic acids is 2. The zero-order chi connectivity index (χ0) is 22.4. The van der Waals surface area contributed by atoms with Gasteiger partial charge in [0.15, 0.2) is 0 Å². The fourth-order valence-electron chi connectivity index (χ4n) is 4.45. The second kappa shape index (κ2) is 8.12. The number of primary amides is 1. The van der Waals surface area contributed by atoms with Crippen LogP contribution in [0.1, 0.15) is 57.4 Å². The van der Waals surface area contributed by atoms with Crippen LogP contribution in [0.15, 0.2) is 24.5 Å². The third kappa shape index (κ3) is 3.81. The number of hydrogen-bond donors (Lipinski definition) is 1. The SMILES string of the molecule is Cc1cc(-c2ccnc(-n3ncc(C(=O)N4CCC(C(N)=O)CC4)c3C3CC3)n2)c(C)s1. The zero-order valence-corrected chi connectivity index (χ0v) is 19.1. The highest BCUT2D eigenvalue weighted by Gasteiger charge is 2.36. The molecule has 8 nitrogen and oxygen atoms in total. The van der Waals surface area contributed by atoms with Gasteiger partial charge in [-0.1, -0.05) is 0 Å². The molecule has 1 saturated heterocycles. The van der Waals surface area contributed by atoms with E-state index < -0.39 is 0 Å². The Morgan fingerprint density at radius 1 is 1.16 bits per heavy atom. The second-order valence-corrected chi connectivity index (χ2v) is 10.1. The van der Waals surface area contributed by atoms with Gasteiger partial charge in [0.25, 0.3) is 11.9 Å². The van der Waals surface area contributed by atoms with Crippen molar-refractivity contribution in [3.63, 3.8) is 0 Å². The first-order valence-corrected chi connectivity index (χ1v) is 11.8. The van der Waals surface area contributed by atoms with Crippen LogP contribution in [-0.2, 0) is 4.79 Å². The van der Waals surface area contributed by atoms with Gasteiger partial charge in [0.2, 0.25) is 5.91 Å². The van der Waals surface area contributed by atoms with Crippen molar-refractivity contribution in [2.24, 2.45) is 11.7 Å². The largest absolute Gasteiger partial charge is 0.369 e. The summed E-state index contributed by atoms with van der Waals surface area (Å²) in [5, 5.41) is 4.54. The predicted octanol–water partition coefficient (Wildman–Crippen LogP) is 3.22. The quantitative estimate of drug-likeness (QED) is 0.642. The van der Waals surface area contributed by atoms with Gasteiger partial charge in [-0.05, 0) is 51.7 Å². The van der Waals surface area contributed by atoms with Crippen LogP contribution in [-0.4, -0.2) is 49.6 Å². The van der Waals surface area contributed by atoms with Crippen LogP contribution in [0.4, 0.5) is 0 Å². The van der Waals surface area contributed by atoms with Crippen LogP contribution in [0.5, 0.6) is 0 Å². The number of aryl methyl sites for hydroxylation is 2. The van der Waals surface area contributed by atoms with E-state index in [0.29, 0.717) is 37.4 Å². The Balaban J connectivity index is 1.46. The van der Waals surface area contributed by atoms with Gasteiger partial charge in [-0.25, -0.2) is 14.6 Å². The Labute approximate surface area is 190 Å². The number of nitrogens with zero attached hydrogens (tertiary/aromatic N) is 5. The van der Waals surface area contributed by atoms with Gasteiger partial charge in [-0.2, -0.15) is 5.10 Å². The molecule has 9 heteroatoms. The van der Waals surface area contributed by atoms with Crippen molar-refractivity contribution in [1.82, 2.24) is 24.6 Å². The minimum atomic E-state index is -0.281. The summed E-state index contributed by atoms with van der Waals surface area (Å²) in [4.78, 5) is 38.3. The van der Waals surface area contributed by atoms with E-state index in [1.165, 1.54) is 9.75 Å². The molecule has 0 aromatic carbocycles. The summed E-state index contributed by atoms with van der Waals surface area (Å²) in [6.07, 6.45) is 6.66. The molecule has 2 N–H and O–H groups in total. The van der Waals surface area contributed by atoms with Crippen molar-refractivity contribution in [3.8, 4) is 17.2 Å². The molecule has 4 heterocycles. The summed E-state index contributed by atoms with van der Waals surface area (Å²) in [5.41, 5.74) is 8.90. The van der Waals surface area contributed by atoms with Crippen molar-refractivity contribution in [2.45, 2.75) is 45.4 Å². The number of hydrogen-bond acceptors (Lipinski definition) is 6. The van der Waals surface area contributed by atoms with Gasteiger partial charge in [0.05, 0.1) is 23.1 Å². The maximum Gasteiger partial charge on any atom is 0.257 e. The molecular weight excluding hydrogens is 424 g/mol. The normalized spacial score (nSPS) is 17.0. The third-order valence-electron chi connectivity index (χ3n) is 6.33. The number of carbonyl (C=O) groups is 2. The number of thiophene rings is 1. The molecule has 1 aliphatic carbocycles. The summed E-state index contributed by atoms with van der Waals surface area (Å²) in [6, 6.07) is 4.05. The average Bonchev–Trinajstić information content (AvgIpc) is 3.44. The first kappa shape index (κ1) is 20.8. The predicted molar refractivity (Wildman–Crippen MR) is 122 cm³/mol. The van der Waals surface area contributed by atoms with Crippen LogP contribution >= 0.6 is 11.3 Å². The fraction of sp³-hybridized carbons (Fsp3) is 0.435. The molecule has 3 aromatic rings. The van der Waals surface area contributed by atoms with E-state index in [2.05, 4.69) is 30.0 Å². The lowest BCUT2D eigenvalue weighted by molar-refractivity contribution is -0.123. The van der Waals surface area contributed by atoms with E-state index >= 15 is 0 Å². The Kier molecular flexibility index (Phi) is 5.28. The van der Waals surface area contributed by atoms with Crippen LogP contribution in [0.3, 0.4) is 0 Å². The van der Waals surface area contributed by atoms with E-state index in [4.69, 9.17) is 10.7 Å². The summed E-state index contributed by atoms with van der Waals surface area (Å²) >= 11 is 1.75. The van der Waals surface area contributed by atoms with Gasteiger partial charge in [-0.3, -0.25) is 9.59 Å². The Bertz CT molecular complexity index is 1190. The molecule has 0 atom stereocenters. The molecule has 2 fully saturated rings. The van der Waals surface area contributed by atoms with E-state index in [1.807, 2.05) is 6.07 Å². The molecule has 0 unspecified atom stereocenters. The summed E-state index contributed by atoms with van der Waals surface area (Å²) in [5.74, 6) is 0.305. The number of piperidine rings is 1.